The van der Waals surface area contributed by atoms with Crippen molar-refractivity contribution in [3.63, 3.8) is 0 Å². The Hall–Kier alpha value is -1.00. The third kappa shape index (κ3) is 2.87. The molecule has 4 heteroatoms. The molecule has 2 heterocycles. The zero-order valence-corrected chi connectivity index (χ0v) is 11.6. The smallest absolute Gasteiger partial charge is 0.110 e. The van der Waals surface area contributed by atoms with Crippen LogP contribution in [0.25, 0.3) is 0 Å². The summed E-state index contributed by atoms with van der Waals surface area (Å²) in [5, 5.41) is 3.59. The number of nitrogens with one attached hydrogen (secondary N) is 1. The summed E-state index contributed by atoms with van der Waals surface area (Å²) in [6.07, 6.45) is 6.69. The van der Waals surface area contributed by atoms with Crippen molar-refractivity contribution in [2.45, 2.75) is 51.7 Å². The van der Waals surface area contributed by atoms with E-state index in [1.54, 1.807) is 12.4 Å². The molecule has 1 N–H and O–H groups in total. The van der Waals surface area contributed by atoms with Crippen LogP contribution < -0.4 is 5.32 Å². The van der Waals surface area contributed by atoms with Gasteiger partial charge in [-0.25, -0.2) is 0 Å². The van der Waals surface area contributed by atoms with Crippen molar-refractivity contribution in [2.75, 3.05) is 13.2 Å². The summed E-state index contributed by atoms with van der Waals surface area (Å²) in [6.45, 7) is 8.18. The van der Waals surface area contributed by atoms with Gasteiger partial charge >= 0.3 is 0 Å². The number of nitrogens with zero attached hydrogens (tertiary/aromatic N) is 2. The molecule has 1 aliphatic rings. The van der Waals surface area contributed by atoms with Crippen molar-refractivity contribution >= 4 is 0 Å². The quantitative estimate of drug-likeness (QED) is 0.888. The summed E-state index contributed by atoms with van der Waals surface area (Å²) in [6, 6.07) is 0.519. The lowest BCUT2D eigenvalue weighted by atomic mass is 9.88. The molecule has 1 fully saturated rings. The van der Waals surface area contributed by atoms with Crippen molar-refractivity contribution < 1.29 is 4.74 Å². The monoisotopic (exact) mass is 249 g/mol. The molecule has 2 unspecified atom stereocenters. The van der Waals surface area contributed by atoms with Gasteiger partial charge in [-0.2, -0.15) is 0 Å². The lowest BCUT2D eigenvalue weighted by molar-refractivity contribution is -0.0845. The second-order valence-corrected chi connectivity index (χ2v) is 5.21. The Kier molecular flexibility index (Phi) is 4.30. The maximum Gasteiger partial charge on any atom is 0.110 e. The Bertz CT molecular complexity index is 396. The van der Waals surface area contributed by atoms with E-state index in [9.17, 15) is 0 Å². The van der Waals surface area contributed by atoms with E-state index in [1.807, 2.05) is 6.92 Å². The molecule has 0 amide bonds. The largest absolute Gasteiger partial charge is 0.369 e. The Balaban J connectivity index is 2.13. The zero-order valence-electron chi connectivity index (χ0n) is 11.6. The molecule has 0 radical (unpaired) electrons. The highest BCUT2D eigenvalue weighted by Gasteiger charge is 2.37. The highest BCUT2D eigenvalue weighted by Crippen LogP contribution is 2.34. The van der Waals surface area contributed by atoms with Gasteiger partial charge in [-0.05, 0) is 39.7 Å². The SMILES string of the molecule is CCCNC1CCOC(C)(c2nccnc2C)C1. The number of aromatic nitrogens is 2. The van der Waals surface area contributed by atoms with Crippen LogP contribution in [0.15, 0.2) is 12.4 Å². The topological polar surface area (TPSA) is 47.0 Å². The lowest BCUT2D eigenvalue weighted by Crippen LogP contribution is -2.44. The van der Waals surface area contributed by atoms with E-state index in [4.69, 9.17) is 4.74 Å². The number of hydrogen-bond acceptors (Lipinski definition) is 4. The van der Waals surface area contributed by atoms with Crippen LogP contribution in [-0.4, -0.2) is 29.2 Å². The van der Waals surface area contributed by atoms with Gasteiger partial charge in [0.2, 0.25) is 0 Å². The fourth-order valence-corrected chi connectivity index (χ4v) is 2.67. The van der Waals surface area contributed by atoms with Crippen molar-refractivity contribution in [1.82, 2.24) is 15.3 Å². The van der Waals surface area contributed by atoms with Gasteiger partial charge in [0.25, 0.3) is 0 Å². The van der Waals surface area contributed by atoms with Gasteiger partial charge in [0, 0.05) is 25.0 Å². The first-order valence-electron chi connectivity index (χ1n) is 6.81. The molecule has 1 saturated heterocycles. The first-order chi connectivity index (χ1) is 8.65. The minimum Gasteiger partial charge on any atom is -0.369 e. The second kappa shape index (κ2) is 5.76. The molecule has 1 aromatic heterocycles. The third-order valence-electron chi connectivity index (χ3n) is 3.59. The molecular formula is C14H23N3O. The van der Waals surface area contributed by atoms with E-state index in [1.165, 1.54) is 0 Å². The predicted octanol–water partition coefficient (Wildman–Crippen LogP) is 2.18. The molecule has 100 valence electrons. The molecule has 2 atom stereocenters. The number of rotatable bonds is 4. The predicted molar refractivity (Wildman–Crippen MR) is 71.4 cm³/mol. The van der Waals surface area contributed by atoms with Crippen LogP contribution in [0.2, 0.25) is 0 Å². The normalized spacial score (nSPS) is 28.3. The molecule has 0 bridgehead atoms. The Morgan fingerprint density at radius 2 is 2.22 bits per heavy atom. The summed E-state index contributed by atoms with van der Waals surface area (Å²) in [5.41, 5.74) is 1.64. The maximum atomic E-state index is 6.00. The van der Waals surface area contributed by atoms with E-state index in [0.717, 1.165) is 43.8 Å². The fraction of sp³-hybridized carbons (Fsp3) is 0.714. The average molecular weight is 249 g/mol. The van der Waals surface area contributed by atoms with Gasteiger partial charge in [0.15, 0.2) is 0 Å². The Morgan fingerprint density at radius 1 is 1.44 bits per heavy atom. The van der Waals surface area contributed by atoms with Gasteiger partial charge < -0.3 is 10.1 Å². The molecule has 1 aliphatic heterocycles. The number of aryl methyl sites for hydroxylation is 1. The molecule has 0 spiro atoms. The minimum absolute atomic E-state index is 0.304. The Morgan fingerprint density at radius 3 is 2.94 bits per heavy atom. The molecule has 4 nitrogen and oxygen atoms in total. The van der Waals surface area contributed by atoms with Gasteiger partial charge in [-0.3, -0.25) is 9.97 Å². The number of ether oxygens (including phenoxy) is 1. The van der Waals surface area contributed by atoms with Gasteiger partial charge in [0.1, 0.15) is 5.60 Å². The van der Waals surface area contributed by atoms with Crippen LogP contribution in [0.1, 0.15) is 44.5 Å². The van der Waals surface area contributed by atoms with Crippen molar-refractivity contribution in [3.05, 3.63) is 23.8 Å². The molecular weight excluding hydrogens is 226 g/mol. The van der Waals surface area contributed by atoms with E-state index in [0.29, 0.717) is 6.04 Å². The van der Waals surface area contributed by atoms with Crippen molar-refractivity contribution in [2.24, 2.45) is 0 Å². The number of hydrogen-bond donors (Lipinski definition) is 1. The molecule has 0 saturated carbocycles. The van der Waals surface area contributed by atoms with E-state index in [-0.39, 0.29) is 5.60 Å². The zero-order chi connectivity index (χ0) is 13.0. The summed E-state index contributed by atoms with van der Waals surface area (Å²) < 4.78 is 6.00. The average Bonchev–Trinajstić information content (AvgIpc) is 2.37. The first-order valence-corrected chi connectivity index (χ1v) is 6.81. The molecule has 0 aromatic carbocycles. The Labute approximate surface area is 109 Å². The maximum absolute atomic E-state index is 6.00. The summed E-state index contributed by atoms with van der Waals surface area (Å²) >= 11 is 0. The standard InChI is InChI=1S/C14H23N3O/c1-4-6-16-12-5-9-18-14(3,10-12)13-11(2)15-7-8-17-13/h7-8,12,16H,4-6,9-10H2,1-3H3. The second-order valence-electron chi connectivity index (χ2n) is 5.21. The van der Waals surface area contributed by atoms with E-state index >= 15 is 0 Å². The van der Waals surface area contributed by atoms with Gasteiger partial charge in [-0.1, -0.05) is 6.92 Å². The molecule has 1 aromatic rings. The van der Waals surface area contributed by atoms with Crippen molar-refractivity contribution in [1.29, 1.82) is 0 Å². The van der Waals surface area contributed by atoms with E-state index in [2.05, 4.69) is 29.1 Å². The summed E-state index contributed by atoms with van der Waals surface area (Å²) in [5.74, 6) is 0. The van der Waals surface area contributed by atoms with Gasteiger partial charge in [0.05, 0.1) is 11.4 Å². The van der Waals surface area contributed by atoms with Crippen LogP contribution in [0.4, 0.5) is 0 Å². The van der Waals surface area contributed by atoms with Crippen LogP contribution in [-0.2, 0) is 10.3 Å². The lowest BCUT2D eigenvalue weighted by Gasteiger charge is -2.38. The highest BCUT2D eigenvalue weighted by atomic mass is 16.5. The van der Waals surface area contributed by atoms with Crippen LogP contribution in [0, 0.1) is 6.92 Å². The molecule has 0 aliphatic carbocycles. The van der Waals surface area contributed by atoms with Gasteiger partial charge in [-0.15, -0.1) is 0 Å². The summed E-state index contributed by atoms with van der Waals surface area (Å²) in [4.78, 5) is 8.80. The highest BCUT2D eigenvalue weighted by molar-refractivity contribution is 5.18. The first kappa shape index (κ1) is 13.4. The van der Waals surface area contributed by atoms with E-state index < -0.39 is 0 Å². The van der Waals surface area contributed by atoms with Crippen LogP contribution >= 0.6 is 0 Å². The van der Waals surface area contributed by atoms with Crippen LogP contribution in [0.3, 0.4) is 0 Å². The van der Waals surface area contributed by atoms with Crippen molar-refractivity contribution in [3.8, 4) is 0 Å². The fourth-order valence-electron chi connectivity index (χ4n) is 2.67. The van der Waals surface area contributed by atoms with Crippen LogP contribution in [0.5, 0.6) is 0 Å². The molecule has 18 heavy (non-hydrogen) atoms. The summed E-state index contributed by atoms with van der Waals surface area (Å²) in [7, 11) is 0. The molecule has 2 rings (SSSR count). The third-order valence-corrected chi connectivity index (χ3v) is 3.59. The minimum atomic E-state index is -0.304.